The standard InChI is InChI=1S/C31H36ClN11O3S/c1-21(17-42-20-36-39-40-42)46-28-14-22(2-7-26(28)32)23-15-34-31(35-16-23)37-27-18-43(38-30(27)45-19-29-33-8-13-47-29)25-5-3-24(4-6-25)41-9-11-44-12-10-41/h2,7-8,13-16,18,20-21,24-25H,3-6,9-12,17,19H2,1H3,(H,34,35,37)/t21-,24?,25?/m0/s1. The normalized spacial score (nSPS) is 19.4. The molecular weight excluding hydrogens is 642 g/mol. The molecule has 2 aliphatic rings. The average Bonchev–Trinajstić information content (AvgIpc) is 3.89. The summed E-state index contributed by atoms with van der Waals surface area (Å²) in [7, 11) is 0. The van der Waals surface area contributed by atoms with E-state index in [2.05, 4.69) is 40.7 Å². The lowest BCUT2D eigenvalue weighted by Gasteiger charge is -2.38. The van der Waals surface area contributed by atoms with Gasteiger partial charge in [-0.25, -0.2) is 19.6 Å². The molecule has 4 aromatic heterocycles. The van der Waals surface area contributed by atoms with Crippen LogP contribution in [0.3, 0.4) is 0 Å². The molecule has 47 heavy (non-hydrogen) atoms. The summed E-state index contributed by atoms with van der Waals surface area (Å²) in [6, 6.07) is 6.50. The molecule has 1 atom stereocenters. The highest BCUT2D eigenvalue weighted by Gasteiger charge is 2.29. The minimum absolute atomic E-state index is 0.207. The molecule has 1 saturated carbocycles. The van der Waals surface area contributed by atoms with Gasteiger partial charge in [-0.2, -0.15) is 0 Å². The van der Waals surface area contributed by atoms with E-state index in [4.69, 9.17) is 30.9 Å². The van der Waals surface area contributed by atoms with Crippen molar-refractivity contribution in [1.29, 1.82) is 0 Å². The Labute approximate surface area is 281 Å². The number of halogens is 1. The number of hydrogen-bond acceptors (Lipinski definition) is 13. The summed E-state index contributed by atoms with van der Waals surface area (Å²) in [6.45, 7) is 6.45. The van der Waals surface area contributed by atoms with Crippen molar-refractivity contribution < 1.29 is 14.2 Å². The molecule has 0 radical (unpaired) electrons. The monoisotopic (exact) mass is 677 g/mol. The largest absolute Gasteiger partial charge is 0.487 e. The van der Waals surface area contributed by atoms with Crippen molar-refractivity contribution in [2.75, 3.05) is 31.6 Å². The van der Waals surface area contributed by atoms with E-state index in [9.17, 15) is 0 Å². The zero-order chi connectivity index (χ0) is 32.0. The van der Waals surface area contributed by atoms with Gasteiger partial charge in [0.05, 0.1) is 37.0 Å². The molecule has 0 amide bonds. The maximum atomic E-state index is 6.46. The van der Waals surface area contributed by atoms with Crippen LogP contribution in [0.5, 0.6) is 11.6 Å². The number of rotatable bonds is 12. The maximum absolute atomic E-state index is 6.46. The lowest BCUT2D eigenvalue weighted by Crippen LogP contribution is -2.45. The van der Waals surface area contributed by atoms with E-state index in [1.807, 2.05) is 35.3 Å². The fourth-order valence-electron chi connectivity index (χ4n) is 6.06. The van der Waals surface area contributed by atoms with Crippen LogP contribution in [0, 0.1) is 0 Å². The summed E-state index contributed by atoms with van der Waals surface area (Å²) >= 11 is 8.01. The van der Waals surface area contributed by atoms with Gasteiger partial charge in [-0.05, 0) is 60.7 Å². The molecule has 1 saturated heterocycles. The fourth-order valence-corrected chi connectivity index (χ4v) is 6.75. The summed E-state index contributed by atoms with van der Waals surface area (Å²) in [6.07, 6.45) is 13.1. The summed E-state index contributed by atoms with van der Waals surface area (Å²) < 4.78 is 21.5. The second kappa shape index (κ2) is 14.7. The van der Waals surface area contributed by atoms with Gasteiger partial charge in [0.2, 0.25) is 5.95 Å². The Morgan fingerprint density at radius 1 is 1.06 bits per heavy atom. The van der Waals surface area contributed by atoms with E-state index in [1.54, 1.807) is 47.0 Å². The first-order chi connectivity index (χ1) is 23.1. The van der Waals surface area contributed by atoms with Crippen molar-refractivity contribution in [3.63, 3.8) is 0 Å². The van der Waals surface area contributed by atoms with Crippen molar-refractivity contribution in [1.82, 2.24) is 49.8 Å². The van der Waals surface area contributed by atoms with Gasteiger partial charge < -0.3 is 19.5 Å². The van der Waals surface area contributed by atoms with Gasteiger partial charge in [0.15, 0.2) is 0 Å². The SMILES string of the molecule is C[C@@H](Cn1cnnn1)Oc1cc(-c2cnc(Nc3cn(C4CCC(N5CCOCC5)CC4)nc3OCc3nccs3)nc2)ccc1Cl. The van der Waals surface area contributed by atoms with E-state index in [1.165, 1.54) is 0 Å². The molecule has 7 rings (SSSR count). The third-order valence-electron chi connectivity index (χ3n) is 8.44. The van der Waals surface area contributed by atoms with Crippen LogP contribution in [-0.4, -0.2) is 88.3 Å². The molecular formula is C31H36ClN11O3S. The first kappa shape index (κ1) is 31.4. The number of thiazole rings is 1. The first-order valence-corrected chi connectivity index (χ1v) is 17.0. The highest BCUT2D eigenvalue weighted by Crippen LogP contribution is 2.35. The molecule has 16 heteroatoms. The third-order valence-corrected chi connectivity index (χ3v) is 9.51. The Morgan fingerprint density at radius 2 is 1.87 bits per heavy atom. The molecule has 0 spiro atoms. The molecule has 1 N–H and O–H groups in total. The lowest BCUT2D eigenvalue weighted by atomic mass is 9.90. The molecule has 1 aromatic carbocycles. The van der Waals surface area contributed by atoms with Crippen molar-refractivity contribution in [2.45, 2.75) is 63.9 Å². The molecule has 1 aliphatic carbocycles. The van der Waals surface area contributed by atoms with Crippen LogP contribution >= 0.6 is 22.9 Å². The molecule has 246 valence electrons. The van der Waals surface area contributed by atoms with Gasteiger partial charge >= 0.3 is 0 Å². The van der Waals surface area contributed by atoms with Crippen LogP contribution in [-0.2, 0) is 17.9 Å². The van der Waals surface area contributed by atoms with Crippen LogP contribution < -0.4 is 14.8 Å². The fraction of sp³-hybridized carbons (Fsp3) is 0.452. The summed E-state index contributed by atoms with van der Waals surface area (Å²) in [5.41, 5.74) is 2.40. The zero-order valence-corrected chi connectivity index (χ0v) is 27.6. The van der Waals surface area contributed by atoms with Gasteiger partial charge in [0.25, 0.3) is 5.88 Å². The Morgan fingerprint density at radius 3 is 2.62 bits per heavy atom. The van der Waals surface area contributed by atoms with Crippen LogP contribution in [0.2, 0.25) is 5.02 Å². The smallest absolute Gasteiger partial charge is 0.257 e. The number of ether oxygens (including phenoxy) is 3. The maximum Gasteiger partial charge on any atom is 0.257 e. The summed E-state index contributed by atoms with van der Waals surface area (Å²) in [5.74, 6) is 1.49. The number of nitrogens with zero attached hydrogens (tertiary/aromatic N) is 10. The quantitative estimate of drug-likeness (QED) is 0.189. The van der Waals surface area contributed by atoms with Gasteiger partial charge in [0.1, 0.15) is 35.5 Å². The molecule has 2 fully saturated rings. The van der Waals surface area contributed by atoms with Crippen molar-refractivity contribution >= 4 is 34.6 Å². The number of aromatic nitrogens is 9. The molecule has 0 bridgehead atoms. The zero-order valence-electron chi connectivity index (χ0n) is 26.0. The number of morpholine rings is 1. The highest BCUT2D eigenvalue weighted by atomic mass is 35.5. The predicted molar refractivity (Wildman–Crippen MR) is 176 cm³/mol. The van der Waals surface area contributed by atoms with Crippen molar-refractivity contribution in [3.8, 4) is 22.8 Å². The highest BCUT2D eigenvalue weighted by molar-refractivity contribution is 7.09. The van der Waals surface area contributed by atoms with E-state index in [0.717, 1.165) is 68.1 Å². The van der Waals surface area contributed by atoms with Crippen LogP contribution in [0.15, 0.2) is 54.7 Å². The van der Waals surface area contributed by atoms with Crippen molar-refractivity contribution in [2.24, 2.45) is 0 Å². The van der Waals surface area contributed by atoms with Crippen molar-refractivity contribution in [3.05, 3.63) is 64.7 Å². The number of hydrogen-bond donors (Lipinski definition) is 1. The van der Waals surface area contributed by atoms with Gasteiger partial charge in [0, 0.05) is 48.7 Å². The second-order valence-electron chi connectivity index (χ2n) is 11.7. The number of benzene rings is 1. The summed E-state index contributed by atoms with van der Waals surface area (Å²) in [4.78, 5) is 16.1. The van der Waals surface area contributed by atoms with Gasteiger partial charge in [-0.15, -0.1) is 21.5 Å². The molecule has 5 aromatic rings. The first-order valence-electron chi connectivity index (χ1n) is 15.8. The van der Waals surface area contributed by atoms with E-state index in [-0.39, 0.29) is 6.10 Å². The Hall–Kier alpha value is -4.18. The van der Waals surface area contributed by atoms with E-state index >= 15 is 0 Å². The third kappa shape index (κ3) is 7.87. The Kier molecular flexibility index (Phi) is 9.84. The Bertz CT molecular complexity index is 1710. The van der Waals surface area contributed by atoms with Crippen LogP contribution in [0.4, 0.5) is 11.6 Å². The number of tetrazole rings is 1. The average molecular weight is 678 g/mol. The van der Waals surface area contributed by atoms with Crippen LogP contribution in [0.25, 0.3) is 11.1 Å². The predicted octanol–water partition coefficient (Wildman–Crippen LogP) is 5.04. The number of anilines is 2. The topological polar surface area (TPSA) is 143 Å². The molecule has 5 heterocycles. The van der Waals surface area contributed by atoms with Gasteiger partial charge in [-0.3, -0.25) is 9.58 Å². The van der Waals surface area contributed by atoms with Gasteiger partial charge in [-0.1, -0.05) is 17.7 Å². The van der Waals surface area contributed by atoms with Crippen LogP contribution in [0.1, 0.15) is 43.7 Å². The van der Waals surface area contributed by atoms with E-state index < -0.39 is 0 Å². The van der Waals surface area contributed by atoms with E-state index in [0.29, 0.717) is 53.5 Å². The minimum atomic E-state index is -0.207. The molecule has 1 aliphatic heterocycles. The molecule has 0 unspecified atom stereocenters. The lowest BCUT2D eigenvalue weighted by molar-refractivity contribution is 0.00502. The summed E-state index contributed by atoms with van der Waals surface area (Å²) in [5, 5.41) is 22.8. The molecule has 14 nitrogen and oxygen atoms in total. The Balaban J connectivity index is 1.03. The number of nitrogens with one attached hydrogen (secondary N) is 1. The second-order valence-corrected chi connectivity index (χ2v) is 13.1. The minimum Gasteiger partial charge on any atom is -0.487 e.